The van der Waals surface area contributed by atoms with Gasteiger partial charge in [-0.15, -0.1) is 28.1 Å². The van der Waals surface area contributed by atoms with Crippen molar-refractivity contribution in [3.63, 3.8) is 0 Å². The van der Waals surface area contributed by atoms with Gasteiger partial charge in [-0.3, -0.25) is 4.57 Å². The molecule has 0 aliphatic carbocycles. The van der Waals surface area contributed by atoms with Gasteiger partial charge in [-0.25, -0.2) is 4.98 Å². The summed E-state index contributed by atoms with van der Waals surface area (Å²) in [5.74, 6) is 3.15. The van der Waals surface area contributed by atoms with Crippen molar-refractivity contribution in [1.82, 2.24) is 19.7 Å². The lowest BCUT2D eigenvalue weighted by Gasteiger charge is -2.06. The van der Waals surface area contributed by atoms with E-state index in [-0.39, 0.29) is 0 Å². The lowest BCUT2D eigenvalue weighted by molar-refractivity contribution is 0.534. The van der Waals surface area contributed by atoms with Gasteiger partial charge in [-0.05, 0) is 31.7 Å². The van der Waals surface area contributed by atoms with Gasteiger partial charge in [0.15, 0.2) is 11.0 Å². The molecule has 0 aliphatic heterocycles. The van der Waals surface area contributed by atoms with Crippen LogP contribution in [0.2, 0.25) is 0 Å². The summed E-state index contributed by atoms with van der Waals surface area (Å²) >= 11 is 3.41. The molecule has 0 saturated carbocycles. The highest BCUT2D eigenvalue weighted by molar-refractivity contribution is 7.98. The van der Waals surface area contributed by atoms with E-state index in [9.17, 15) is 0 Å². The Morgan fingerprint density at radius 2 is 2.23 bits per heavy atom. The van der Waals surface area contributed by atoms with Crippen LogP contribution in [0.5, 0.6) is 0 Å². The molecule has 3 rings (SSSR count). The van der Waals surface area contributed by atoms with E-state index in [4.69, 9.17) is 9.40 Å². The summed E-state index contributed by atoms with van der Waals surface area (Å²) in [5, 5.41) is 13.0. The van der Waals surface area contributed by atoms with Gasteiger partial charge < -0.3 is 4.42 Å². The Balaban J connectivity index is 1.71. The Bertz CT molecular complexity index is 863. The molecule has 0 bridgehead atoms. The standard InChI is InChI=1S/C19H24N4OS2/c1-5-9-23-18(16-8-10-24-14(16)4)21-22-19(23)26-12-15-11-25-17(20-15)7-6-13(2)3/h5,8,10-11,13H,1,6-7,9,12H2,2-4H3. The lowest BCUT2D eigenvalue weighted by atomic mass is 10.1. The van der Waals surface area contributed by atoms with Crippen molar-refractivity contribution in [3.05, 3.63) is 46.8 Å². The molecular weight excluding hydrogens is 364 g/mol. The zero-order valence-electron chi connectivity index (χ0n) is 15.4. The normalized spacial score (nSPS) is 11.4. The van der Waals surface area contributed by atoms with Crippen molar-refractivity contribution >= 4 is 23.1 Å². The van der Waals surface area contributed by atoms with Gasteiger partial charge in [-0.1, -0.05) is 31.7 Å². The molecule has 0 spiro atoms. The third-order valence-electron chi connectivity index (χ3n) is 4.01. The van der Waals surface area contributed by atoms with Crippen molar-refractivity contribution in [3.8, 4) is 11.4 Å². The van der Waals surface area contributed by atoms with Crippen LogP contribution >= 0.6 is 23.1 Å². The number of hydrogen-bond donors (Lipinski definition) is 0. The van der Waals surface area contributed by atoms with Crippen LogP contribution in [0.25, 0.3) is 11.4 Å². The molecule has 3 aromatic rings. The highest BCUT2D eigenvalue weighted by Gasteiger charge is 2.17. The zero-order valence-corrected chi connectivity index (χ0v) is 17.1. The molecule has 0 aromatic carbocycles. The molecule has 26 heavy (non-hydrogen) atoms. The molecule has 0 aliphatic rings. The summed E-state index contributed by atoms with van der Waals surface area (Å²) in [5.41, 5.74) is 2.07. The number of thioether (sulfide) groups is 1. The van der Waals surface area contributed by atoms with E-state index in [1.807, 2.05) is 19.1 Å². The smallest absolute Gasteiger partial charge is 0.192 e. The van der Waals surface area contributed by atoms with E-state index in [1.165, 1.54) is 11.4 Å². The van der Waals surface area contributed by atoms with Gasteiger partial charge in [0.25, 0.3) is 0 Å². The fourth-order valence-corrected chi connectivity index (χ4v) is 4.35. The molecule has 0 N–H and O–H groups in total. The summed E-state index contributed by atoms with van der Waals surface area (Å²) < 4.78 is 7.48. The topological polar surface area (TPSA) is 56.7 Å². The minimum absolute atomic E-state index is 0.659. The lowest BCUT2D eigenvalue weighted by Crippen LogP contribution is -2.01. The number of aromatic nitrogens is 4. The maximum absolute atomic E-state index is 5.41. The third kappa shape index (κ3) is 4.45. The first-order valence-corrected chi connectivity index (χ1v) is 10.6. The SMILES string of the molecule is C=CCn1c(SCc2csc(CCC(C)C)n2)nnc1-c1ccoc1C. The van der Waals surface area contributed by atoms with Crippen molar-refractivity contribution < 1.29 is 4.42 Å². The van der Waals surface area contributed by atoms with Crippen molar-refractivity contribution in [1.29, 1.82) is 0 Å². The van der Waals surface area contributed by atoms with Gasteiger partial charge in [-0.2, -0.15) is 0 Å². The maximum Gasteiger partial charge on any atom is 0.192 e. The Morgan fingerprint density at radius 3 is 2.92 bits per heavy atom. The van der Waals surface area contributed by atoms with E-state index in [1.54, 1.807) is 29.4 Å². The molecule has 0 unspecified atom stereocenters. The van der Waals surface area contributed by atoms with Crippen LogP contribution in [-0.4, -0.2) is 19.7 Å². The fourth-order valence-electron chi connectivity index (χ4n) is 2.59. The monoisotopic (exact) mass is 388 g/mol. The van der Waals surface area contributed by atoms with Crippen LogP contribution < -0.4 is 0 Å². The predicted octanol–water partition coefficient (Wildman–Crippen LogP) is 5.37. The highest BCUT2D eigenvalue weighted by Crippen LogP contribution is 2.29. The zero-order chi connectivity index (χ0) is 18.5. The average Bonchev–Trinajstić information content (AvgIpc) is 3.32. The van der Waals surface area contributed by atoms with Gasteiger partial charge in [0.05, 0.1) is 22.5 Å². The van der Waals surface area contributed by atoms with E-state index in [0.717, 1.165) is 40.2 Å². The largest absolute Gasteiger partial charge is 0.469 e. The van der Waals surface area contributed by atoms with Crippen molar-refractivity contribution in [2.24, 2.45) is 5.92 Å². The van der Waals surface area contributed by atoms with E-state index in [2.05, 4.69) is 40.6 Å². The molecule has 0 atom stereocenters. The second kappa shape index (κ2) is 8.68. The first-order valence-electron chi connectivity index (χ1n) is 8.73. The molecule has 0 radical (unpaired) electrons. The number of furan rings is 1. The molecule has 7 heteroatoms. The van der Waals surface area contributed by atoms with Gasteiger partial charge in [0.1, 0.15) is 5.76 Å². The molecule has 138 valence electrons. The van der Waals surface area contributed by atoms with Crippen LogP contribution in [0, 0.1) is 12.8 Å². The van der Waals surface area contributed by atoms with E-state index >= 15 is 0 Å². The van der Waals surface area contributed by atoms with Crippen LogP contribution in [0.3, 0.4) is 0 Å². The number of aryl methyl sites for hydroxylation is 2. The second-order valence-electron chi connectivity index (χ2n) is 6.55. The number of hydrogen-bond acceptors (Lipinski definition) is 6. The van der Waals surface area contributed by atoms with E-state index < -0.39 is 0 Å². The maximum atomic E-state index is 5.41. The first-order chi connectivity index (χ1) is 12.6. The van der Waals surface area contributed by atoms with Crippen LogP contribution in [0.4, 0.5) is 0 Å². The average molecular weight is 389 g/mol. The first kappa shape index (κ1) is 18.9. The van der Waals surface area contributed by atoms with Gasteiger partial charge in [0.2, 0.25) is 0 Å². The van der Waals surface area contributed by atoms with Crippen molar-refractivity contribution in [2.75, 3.05) is 0 Å². The number of thiazole rings is 1. The second-order valence-corrected chi connectivity index (χ2v) is 8.43. The number of allylic oxidation sites excluding steroid dienone is 1. The van der Waals surface area contributed by atoms with Crippen LogP contribution in [0.1, 0.15) is 36.7 Å². The number of nitrogens with zero attached hydrogens (tertiary/aromatic N) is 4. The summed E-state index contributed by atoms with van der Waals surface area (Å²) in [6.45, 7) is 10.9. The van der Waals surface area contributed by atoms with Crippen LogP contribution in [0.15, 0.2) is 39.9 Å². The Morgan fingerprint density at radius 1 is 1.38 bits per heavy atom. The van der Waals surface area contributed by atoms with E-state index in [0.29, 0.717) is 12.5 Å². The molecule has 3 aromatic heterocycles. The van der Waals surface area contributed by atoms with Crippen molar-refractivity contribution in [2.45, 2.75) is 51.1 Å². The molecule has 0 amide bonds. The quantitative estimate of drug-likeness (QED) is 0.364. The summed E-state index contributed by atoms with van der Waals surface area (Å²) in [6, 6.07) is 1.93. The summed E-state index contributed by atoms with van der Waals surface area (Å²) in [7, 11) is 0. The minimum atomic E-state index is 0.659. The Hall–Kier alpha value is -1.86. The summed E-state index contributed by atoms with van der Waals surface area (Å²) in [6.07, 6.45) is 5.78. The Labute approximate surface area is 162 Å². The predicted molar refractivity (Wildman–Crippen MR) is 107 cm³/mol. The highest BCUT2D eigenvalue weighted by atomic mass is 32.2. The number of rotatable bonds is 9. The molecule has 3 heterocycles. The minimum Gasteiger partial charge on any atom is -0.469 e. The van der Waals surface area contributed by atoms with Gasteiger partial charge in [0, 0.05) is 17.7 Å². The van der Waals surface area contributed by atoms with Gasteiger partial charge >= 0.3 is 0 Å². The molecular formula is C19H24N4OS2. The fraction of sp³-hybridized carbons (Fsp3) is 0.421. The molecule has 0 fully saturated rings. The molecule has 5 nitrogen and oxygen atoms in total. The Kier molecular flexibility index (Phi) is 6.32. The molecule has 0 saturated heterocycles. The third-order valence-corrected chi connectivity index (χ3v) is 5.97. The summed E-state index contributed by atoms with van der Waals surface area (Å²) in [4.78, 5) is 4.75. The van der Waals surface area contributed by atoms with Crippen LogP contribution in [-0.2, 0) is 18.7 Å².